The molecule has 0 saturated carbocycles. The normalized spacial score (nSPS) is 17.3. The second kappa shape index (κ2) is 6.93. The van der Waals surface area contributed by atoms with Gasteiger partial charge in [0.2, 0.25) is 0 Å². The fraction of sp³-hybridized carbons (Fsp3) is 0.429. The number of fused-ring (bicyclic) bond motifs is 1. The molecule has 0 bridgehead atoms. The van der Waals surface area contributed by atoms with E-state index in [4.69, 9.17) is 0 Å². The lowest BCUT2D eigenvalue weighted by Crippen LogP contribution is -2.41. The van der Waals surface area contributed by atoms with Crippen molar-refractivity contribution in [2.24, 2.45) is 0 Å². The summed E-state index contributed by atoms with van der Waals surface area (Å²) in [5.41, 5.74) is 0.830. The van der Waals surface area contributed by atoms with E-state index in [1.54, 1.807) is 11.0 Å². The molecule has 1 aromatic heterocycles. The van der Waals surface area contributed by atoms with Crippen molar-refractivity contribution < 1.29 is 9.72 Å². The molecule has 1 aliphatic rings. The van der Waals surface area contributed by atoms with Crippen LogP contribution >= 0.6 is 12.4 Å². The lowest BCUT2D eigenvalue weighted by molar-refractivity contribution is -0.384. The Hall–Kier alpha value is -2.19. The first-order chi connectivity index (χ1) is 10.6. The first-order valence-corrected chi connectivity index (χ1v) is 7.20. The van der Waals surface area contributed by atoms with Gasteiger partial charge in [-0.05, 0) is 26.0 Å². The number of H-pyrrole nitrogens is 1. The maximum absolute atomic E-state index is 12.7. The molecule has 0 spiro atoms. The lowest BCUT2D eigenvalue weighted by Gasteiger charge is -2.23. The Morgan fingerprint density at radius 2 is 2.35 bits per heavy atom. The highest BCUT2D eigenvalue weighted by Crippen LogP contribution is 2.25. The van der Waals surface area contributed by atoms with Gasteiger partial charge >= 0.3 is 0 Å². The van der Waals surface area contributed by atoms with Gasteiger partial charge in [0.15, 0.2) is 5.69 Å². The van der Waals surface area contributed by atoms with Crippen LogP contribution in [0.2, 0.25) is 0 Å². The van der Waals surface area contributed by atoms with Crippen LogP contribution in [0.5, 0.6) is 0 Å². The van der Waals surface area contributed by atoms with Crippen LogP contribution in [0.1, 0.15) is 23.3 Å². The fourth-order valence-electron chi connectivity index (χ4n) is 2.97. The number of nitrogens with zero attached hydrogens (tertiary/aromatic N) is 3. The van der Waals surface area contributed by atoms with Crippen LogP contribution in [0.25, 0.3) is 10.9 Å². The van der Waals surface area contributed by atoms with Crippen molar-refractivity contribution in [3.05, 3.63) is 34.0 Å². The van der Waals surface area contributed by atoms with Gasteiger partial charge in [0.05, 0.1) is 10.4 Å². The van der Waals surface area contributed by atoms with Crippen molar-refractivity contribution in [1.82, 2.24) is 20.4 Å². The number of hydrogen-bond donors (Lipinski definition) is 2. The number of aromatic amines is 1. The van der Waals surface area contributed by atoms with E-state index in [0.29, 0.717) is 17.4 Å². The van der Waals surface area contributed by atoms with Gasteiger partial charge in [-0.3, -0.25) is 20.0 Å². The van der Waals surface area contributed by atoms with Crippen molar-refractivity contribution in [1.29, 1.82) is 0 Å². The molecule has 1 fully saturated rings. The molecule has 0 aliphatic carbocycles. The zero-order chi connectivity index (χ0) is 15.7. The van der Waals surface area contributed by atoms with Crippen molar-refractivity contribution >= 4 is 34.9 Å². The number of nitro benzene ring substituents is 1. The fourth-order valence-corrected chi connectivity index (χ4v) is 2.97. The number of likely N-dealkylation sites (N-methyl/N-ethyl adjacent to an activating group) is 1. The Morgan fingerprint density at radius 1 is 1.57 bits per heavy atom. The Morgan fingerprint density at radius 3 is 3.04 bits per heavy atom. The summed E-state index contributed by atoms with van der Waals surface area (Å²) in [5.74, 6) is -0.176. The predicted octanol–water partition coefficient (Wildman–Crippen LogP) is 1.72. The zero-order valence-electron chi connectivity index (χ0n) is 12.6. The maximum atomic E-state index is 12.7. The van der Waals surface area contributed by atoms with E-state index >= 15 is 0 Å². The van der Waals surface area contributed by atoms with E-state index in [1.165, 1.54) is 12.1 Å². The second-order valence-electron chi connectivity index (χ2n) is 5.41. The van der Waals surface area contributed by atoms with E-state index in [-0.39, 0.29) is 35.7 Å². The molecule has 2 N–H and O–H groups in total. The molecule has 1 unspecified atom stereocenters. The standard InChI is InChI=1S/C14H17N5O3.ClH/c1-15-8-10-3-2-6-18(10)14(20)13-11-7-9(19(21)22)4-5-12(11)16-17-13;/h4-5,7,10,15H,2-3,6,8H2,1H3,(H,16,17);1H. The lowest BCUT2D eigenvalue weighted by atomic mass is 10.1. The molecule has 1 aliphatic heterocycles. The maximum Gasteiger partial charge on any atom is 0.275 e. The van der Waals surface area contributed by atoms with Gasteiger partial charge in [-0.15, -0.1) is 12.4 Å². The summed E-state index contributed by atoms with van der Waals surface area (Å²) in [6, 6.07) is 4.51. The van der Waals surface area contributed by atoms with Crippen molar-refractivity contribution in [2.45, 2.75) is 18.9 Å². The quantitative estimate of drug-likeness (QED) is 0.652. The number of likely N-dealkylation sites (tertiary alicyclic amines) is 1. The Balaban J connectivity index is 0.00000192. The number of hydrogen-bond acceptors (Lipinski definition) is 5. The minimum atomic E-state index is -0.472. The van der Waals surface area contributed by atoms with Crippen molar-refractivity contribution in [2.75, 3.05) is 20.1 Å². The van der Waals surface area contributed by atoms with E-state index in [0.717, 1.165) is 19.4 Å². The van der Waals surface area contributed by atoms with Gasteiger partial charge in [-0.2, -0.15) is 5.10 Å². The Labute approximate surface area is 138 Å². The highest BCUT2D eigenvalue weighted by Gasteiger charge is 2.31. The number of halogens is 1. The van der Waals surface area contributed by atoms with E-state index in [9.17, 15) is 14.9 Å². The van der Waals surface area contributed by atoms with Crippen molar-refractivity contribution in [3.8, 4) is 0 Å². The molecule has 1 saturated heterocycles. The van der Waals surface area contributed by atoms with Gasteiger partial charge in [-0.1, -0.05) is 0 Å². The van der Waals surface area contributed by atoms with Crippen LogP contribution in [0, 0.1) is 10.1 Å². The zero-order valence-corrected chi connectivity index (χ0v) is 13.4. The third-order valence-electron chi connectivity index (χ3n) is 4.04. The third-order valence-corrected chi connectivity index (χ3v) is 4.04. The summed E-state index contributed by atoms with van der Waals surface area (Å²) in [6.07, 6.45) is 1.91. The Bertz CT molecular complexity index is 732. The monoisotopic (exact) mass is 339 g/mol. The largest absolute Gasteiger partial charge is 0.333 e. The summed E-state index contributed by atoms with van der Waals surface area (Å²) >= 11 is 0. The summed E-state index contributed by atoms with van der Waals surface area (Å²) in [4.78, 5) is 25.0. The van der Waals surface area contributed by atoms with Crippen LogP contribution in [-0.2, 0) is 0 Å². The highest BCUT2D eigenvalue weighted by atomic mass is 35.5. The number of carbonyl (C=O) groups is 1. The highest BCUT2D eigenvalue weighted by molar-refractivity contribution is 6.05. The minimum Gasteiger partial charge on any atom is -0.333 e. The number of rotatable bonds is 4. The predicted molar refractivity (Wildman–Crippen MR) is 88.0 cm³/mol. The third kappa shape index (κ3) is 3.13. The topological polar surface area (TPSA) is 104 Å². The summed E-state index contributed by atoms with van der Waals surface area (Å²) < 4.78 is 0. The molecule has 0 radical (unpaired) electrons. The van der Waals surface area contributed by atoms with Gasteiger partial charge in [0.1, 0.15) is 0 Å². The molecule has 9 heteroatoms. The second-order valence-corrected chi connectivity index (χ2v) is 5.41. The SMILES string of the molecule is CNCC1CCCN1C(=O)c1n[nH]c2ccc([N+](=O)[O-])cc12.Cl. The number of carbonyl (C=O) groups excluding carboxylic acids is 1. The smallest absolute Gasteiger partial charge is 0.275 e. The first-order valence-electron chi connectivity index (χ1n) is 7.20. The van der Waals surface area contributed by atoms with E-state index in [1.807, 2.05) is 7.05 Å². The molecule has 8 nitrogen and oxygen atoms in total. The van der Waals surface area contributed by atoms with Gasteiger partial charge in [0.25, 0.3) is 11.6 Å². The average Bonchev–Trinajstić information content (AvgIpc) is 3.12. The summed E-state index contributed by atoms with van der Waals surface area (Å²) in [6.45, 7) is 1.42. The van der Waals surface area contributed by atoms with Gasteiger partial charge in [-0.25, -0.2) is 0 Å². The Kier molecular flexibility index (Phi) is 5.17. The molecule has 1 atom stereocenters. The van der Waals surface area contributed by atoms with Gasteiger partial charge in [0, 0.05) is 36.7 Å². The number of non-ortho nitro benzene ring substituents is 1. The average molecular weight is 340 g/mol. The van der Waals surface area contributed by atoms with Gasteiger partial charge < -0.3 is 10.2 Å². The number of nitrogens with one attached hydrogen (secondary N) is 2. The molecule has 23 heavy (non-hydrogen) atoms. The van der Waals surface area contributed by atoms with E-state index < -0.39 is 4.92 Å². The first kappa shape index (κ1) is 17.2. The summed E-state index contributed by atoms with van der Waals surface area (Å²) in [7, 11) is 1.86. The van der Waals surface area contributed by atoms with Crippen LogP contribution < -0.4 is 5.32 Å². The van der Waals surface area contributed by atoms with Crippen LogP contribution in [-0.4, -0.2) is 52.1 Å². The number of amides is 1. The van der Waals surface area contributed by atoms with E-state index in [2.05, 4.69) is 15.5 Å². The molecule has 1 amide bonds. The van der Waals surface area contributed by atoms with Crippen LogP contribution in [0.4, 0.5) is 5.69 Å². The van der Waals surface area contributed by atoms with Crippen molar-refractivity contribution in [3.63, 3.8) is 0 Å². The molecule has 2 aromatic rings. The number of benzene rings is 1. The molecule has 124 valence electrons. The minimum absolute atomic E-state index is 0. The number of nitro groups is 1. The molecular formula is C14H18ClN5O3. The molecule has 1 aromatic carbocycles. The molecule has 3 rings (SSSR count). The number of aromatic nitrogens is 2. The van der Waals surface area contributed by atoms with Crippen LogP contribution in [0.3, 0.4) is 0 Å². The van der Waals surface area contributed by atoms with Crippen LogP contribution in [0.15, 0.2) is 18.2 Å². The molecular weight excluding hydrogens is 322 g/mol. The molecule has 2 heterocycles. The summed E-state index contributed by atoms with van der Waals surface area (Å²) in [5, 5.41) is 21.3.